The molecule has 1 aromatic carbocycles. The first-order valence-electron chi connectivity index (χ1n) is 11.4. The third-order valence-corrected chi connectivity index (χ3v) is 6.46. The van der Waals surface area contributed by atoms with Crippen molar-refractivity contribution in [2.75, 3.05) is 49.3 Å². The van der Waals surface area contributed by atoms with E-state index in [4.69, 9.17) is 9.47 Å². The first-order chi connectivity index (χ1) is 15.7. The second-order valence-corrected chi connectivity index (χ2v) is 8.55. The number of ether oxygens (including phenoxy) is 2. The number of hydrogen-bond donors (Lipinski definition) is 0. The van der Waals surface area contributed by atoms with Crippen LogP contribution in [0.2, 0.25) is 0 Å². The van der Waals surface area contributed by atoms with Crippen molar-refractivity contribution in [2.24, 2.45) is 0 Å². The fourth-order valence-corrected chi connectivity index (χ4v) is 4.52. The Kier molecular flexibility index (Phi) is 5.83. The molecular weight excluding hydrogens is 406 g/mol. The Morgan fingerprint density at radius 1 is 0.969 bits per heavy atom. The lowest BCUT2D eigenvalue weighted by Gasteiger charge is -2.36. The predicted molar refractivity (Wildman–Crippen MR) is 123 cm³/mol. The van der Waals surface area contributed by atoms with Crippen LogP contribution >= 0.6 is 0 Å². The molecule has 2 fully saturated rings. The van der Waals surface area contributed by atoms with E-state index in [0.29, 0.717) is 19.1 Å². The van der Waals surface area contributed by atoms with Crippen LogP contribution in [0.15, 0.2) is 36.4 Å². The van der Waals surface area contributed by atoms with Gasteiger partial charge >= 0.3 is 0 Å². The van der Waals surface area contributed by atoms with Gasteiger partial charge in [-0.3, -0.25) is 4.79 Å². The van der Waals surface area contributed by atoms with Crippen molar-refractivity contribution in [1.82, 2.24) is 15.1 Å². The van der Waals surface area contributed by atoms with Gasteiger partial charge in [-0.05, 0) is 62.1 Å². The average molecular weight is 436 g/mol. The number of anilines is 2. The summed E-state index contributed by atoms with van der Waals surface area (Å²) in [4.78, 5) is 19.0. The second kappa shape index (κ2) is 9.06. The van der Waals surface area contributed by atoms with Gasteiger partial charge in [0.25, 0.3) is 0 Å². The number of aromatic nitrogens is 2. The third-order valence-electron chi connectivity index (χ3n) is 6.46. The van der Waals surface area contributed by atoms with Crippen molar-refractivity contribution in [1.29, 1.82) is 0 Å². The first kappa shape index (κ1) is 20.6. The molecule has 4 heterocycles. The van der Waals surface area contributed by atoms with Gasteiger partial charge in [0.1, 0.15) is 0 Å². The molecule has 0 spiro atoms. The fraction of sp³-hybridized carbons (Fsp3) is 0.458. The number of hydrogen-bond acceptors (Lipinski definition) is 7. The van der Waals surface area contributed by atoms with Gasteiger partial charge in [-0.15, -0.1) is 10.2 Å². The lowest BCUT2D eigenvalue weighted by atomic mass is 10.0. The zero-order valence-corrected chi connectivity index (χ0v) is 18.4. The molecule has 8 nitrogen and oxygen atoms in total. The molecular formula is C24H29N5O3. The number of amides is 1. The van der Waals surface area contributed by atoms with Crippen LogP contribution in [0.1, 0.15) is 31.7 Å². The SMILES string of the molecule is CC1CCCCN1c1ccc(N2CCN(C(=O)/C=C/c3ccc4c(c3)OCO4)CC2)nn1. The lowest BCUT2D eigenvalue weighted by molar-refractivity contribution is -0.126. The molecule has 0 aliphatic carbocycles. The number of piperidine rings is 1. The van der Waals surface area contributed by atoms with Crippen LogP contribution < -0.4 is 19.3 Å². The van der Waals surface area contributed by atoms with Crippen LogP contribution in [0.5, 0.6) is 11.5 Å². The Labute approximate surface area is 188 Å². The summed E-state index contributed by atoms with van der Waals surface area (Å²) in [5.41, 5.74) is 0.916. The number of carbonyl (C=O) groups excluding carboxylic acids is 1. The molecule has 0 radical (unpaired) electrons. The number of nitrogens with zero attached hydrogens (tertiary/aromatic N) is 5. The summed E-state index contributed by atoms with van der Waals surface area (Å²) < 4.78 is 10.7. The molecule has 2 saturated heterocycles. The highest BCUT2D eigenvalue weighted by molar-refractivity contribution is 5.92. The van der Waals surface area contributed by atoms with E-state index in [1.165, 1.54) is 19.3 Å². The maximum Gasteiger partial charge on any atom is 0.246 e. The third kappa shape index (κ3) is 4.35. The molecule has 168 valence electrons. The van der Waals surface area contributed by atoms with Gasteiger partial charge in [-0.1, -0.05) is 6.07 Å². The summed E-state index contributed by atoms with van der Waals surface area (Å²) >= 11 is 0. The van der Waals surface area contributed by atoms with Gasteiger partial charge in [-0.25, -0.2) is 0 Å². The standard InChI is InChI=1S/C24H29N5O3/c1-18-4-2-3-11-29(18)23-9-8-22(25-26-23)27-12-14-28(15-13-27)24(30)10-6-19-5-7-20-21(16-19)32-17-31-20/h5-10,16,18H,2-4,11-15,17H2,1H3/b10-6+. The Hall–Kier alpha value is -3.29. The summed E-state index contributed by atoms with van der Waals surface area (Å²) in [6, 6.07) is 10.3. The van der Waals surface area contributed by atoms with E-state index in [9.17, 15) is 4.79 Å². The van der Waals surface area contributed by atoms with Gasteiger partial charge in [0.2, 0.25) is 12.7 Å². The Bertz CT molecular complexity index is 986. The molecule has 32 heavy (non-hydrogen) atoms. The summed E-state index contributed by atoms with van der Waals surface area (Å²) in [6.07, 6.45) is 7.16. The summed E-state index contributed by atoms with van der Waals surface area (Å²) in [7, 11) is 0. The van der Waals surface area contributed by atoms with Crippen molar-refractivity contribution in [2.45, 2.75) is 32.2 Å². The number of carbonyl (C=O) groups is 1. The predicted octanol–water partition coefficient (Wildman–Crippen LogP) is 2.95. The van der Waals surface area contributed by atoms with Gasteiger partial charge in [0.05, 0.1) is 0 Å². The molecule has 5 rings (SSSR count). The van der Waals surface area contributed by atoms with Crippen molar-refractivity contribution in [3.63, 3.8) is 0 Å². The maximum atomic E-state index is 12.6. The molecule has 0 saturated carbocycles. The fourth-order valence-electron chi connectivity index (χ4n) is 4.52. The molecule has 3 aliphatic heterocycles. The van der Waals surface area contributed by atoms with Crippen LogP contribution in [-0.4, -0.2) is 66.6 Å². The molecule has 1 amide bonds. The second-order valence-electron chi connectivity index (χ2n) is 8.55. The Morgan fingerprint density at radius 3 is 2.53 bits per heavy atom. The van der Waals surface area contributed by atoms with Crippen LogP contribution in [-0.2, 0) is 4.79 Å². The highest BCUT2D eigenvalue weighted by Gasteiger charge is 2.23. The first-order valence-corrected chi connectivity index (χ1v) is 11.4. The normalized spacial score (nSPS) is 20.8. The highest BCUT2D eigenvalue weighted by Crippen LogP contribution is 2.32. The molecule has 3 aliphatic rings. The van der Waals surface area contributed by atoms with Crippen molar-refractivity contribution >= 4 is 23.6 Å². The molecule has 0 bridgehead atoms. The molecule has 2 aromatic rings. The smallest absolute Gasteiger partial charge is 0.246 e. The highest BCUT2D eigenvalue weighted by atomic mass is 16.7. The maximum absolute atomic E-state index is 12.6. The van der Waals surface area contributed by atoms with Crippen molar-refractivity contribution in [3.05, 3.63) is 42.0 Å². The van der Waals surface area contributed by atoms with E-state index >= 15 is 0 Å². The van der Waals surface area contributed by atoms with Crippen molar-refractivity contribution in [3.8, 4) is 11.5 Å². The van der Waals surface area contributed by atoms with E-state index in [0.717, 1.165) is 48.3 Å². The number of fused-ring (bicyclic) bond motifs is 1. The molecule has 1 unspecified atom stereocenters. The summed E-state index contributed by atoms with van der Waals surface area (Å²) in [5, 5.41) is 8.97. The minimum absolute atomic E-state index is 0.0165. The van der Waals surface area contributed by atoms with Gasteiger partial charge in [0.15, 0.2) is 23.1 Å². The lowest BCUT2D eigenvalue weighted by Crippen LogP contribution is -2.48. The van der Waals surface area contributed by atoms with Crippen LogP contribution in [0.3, 0.4) is 0 Å². The molecule has 8 heteroatoms. The van der Waals surface area contributed by atoms with Crippen LogP contribution in [0.25, 0.3) is 6.08 Å². The van der Waals surface area contributed by atoms with E-state index in [1.807, 2.05) is 29.2 Å². The summed E-state index contributed by atoms with van der Waals surface area (Å²) in [5.74, 6) is 3.31. The molecule has 1 aromatic heterocycles. The van der Waals surface area contributed by atoms with Gasteiger partial charge < -0.3 is 24.2 Å². The number of benzene rings is 1. The zero-order valence-electron chi connectivity index (χ0n) is 18.4. The van der Waals surface area contributed by atoms with Gasteiger partial charge in [0, 0.05) is 44.8 Å². The van der Waals surface area contributed by atoms with Crippen molar-refractivity contribution < 1.29 is 14.3 Å². The topological polar surface area (TPSA) is 71.0 Å². The number of rotatable bonds is 4. The summed E-state index contributed by atoms with van der Waals surface area (Å²) in [6.45, 7) is 6.38. The Morgan fingerprint density at radius 2 is 1.75 bits per heavy atom. The van der Waals surface area contributed by atoms with E-state index in [-0.39, 0.29) is 12.7 Å². The number of piperazine rings is 1. The van der Waals surface area contributed by atoms with E-state index < -0.39 is 0 Å². The largest absolute Gasteiger partial charge is 0.454 e. The minimum atomic E-state index is 0.0165. The average Bonchev–Trinajstić information content (AvgIpc) is 3.31. The molecule has 0 N–H and O–H groups in total. The quantitative estimate of drug-likeness (QED) is 0.684. The van der Waals surface area contributed by atoms with Crippen LogP contribution in [0, 0.1) is 0 Å². The monoisotopic (exact) mass is 435 g/mol. The van der Waals surface area contributed by atoms with Gasteiger partial charge in [-0.2, -0.15) is 0 Å². The van der Waals surface area contributed by atoms with E-state index in [2.05, 4.69) is 39.1 Å². The Balaban J connectivity index is 1.15. The van der Waals surface area contributed by atoms with E-state index in [1.54, 1.807) is 6.08 Å². The minimum Gasteiger partial charge on any atom is -0.454 e. The van der Waals surface area contributed by atoms with Crippen LogP contribution in [0.4, 0.5) is 11.6 Å². The molecule has 1 atom stereocenters. The zero-order chi connectivity index (χ0) is 21.9.